The molecule has 2 aromatic heterocycles. The summed E-state index contributed by atoms with van der Waals surface area (Å²) >= 11 is 1.58. The number of amides is 1. The Bertz CT molecular complexity index is 788. The Morgan fingerprint density at radius 2 is 2.14 bits per heavy atom. The minimum Gasteiger partial charge on any atom is -0.276 e. The maximum Gasteiger partial charge on any atom is 0.291 e. The Labute approximate surface area is 131 Å². The number of nitrogens with one attached hydrogen (secondary N) is 2. The first-order valence-electron chi connectivity index (χ1n) is 6.72. The van der Waals surface area contributed by atoms with Crippen molar-refractivity contribution in [2.45, 2.75) is 6.92 Å². The predicted octanol–water partition coefficient (Wildman–Crippen LogP) is 3.21. The molecule has 0 aliphatic rings. The summed E-state index contributed by atoms with van der Waals surface area (Å²) in [5.74, 6) is -0.345. The highest BCUT2D eigenvalue weighted by Gasteiger charge is 2.10. The molecule has 22 heavy (non-hydrogen) atoms. The molecule has 1 aromatic carbocycles. The van der Waals surface area contributed by atoms with Crippen LogP contribution in [0.2, 0.25) is 0 Å². The molecule has 6 heteroatoms. The van der Waals surface area contributed by atoms with Crippen molar-refractivity contribution in [3.8, 4) is 10.6 Å². The molecular weight excluding hydrogens is 296 g/mol. The van der Waals surface area contributed by atoms with Crippen LogP contribution < -0.4 is 5.43 Å². The molecule has 0 aliphatic heterocycles. The molecule has 0 fully saturated rings. The van der Waals surface area contributed by atoms with Gasteiger partial charge in [0.2, 0.25) is 0 Å². The van der Waals surface area contributed by atoms with Gasteiger partial charge in [-0.15, -0.1) is 11.3 Å². The molecule has 0 atom stereocenters. The van der Waals surface area contributed by atoms with Crippen molar-refractivity contribution in [3.63, 3.8) is 0 Å². The topological polar surface area (TPSA) is 70.1 Å². The number of carbonyl (C=O) groups excluding carboxylic acids is 1. The van der Waals surface area contributed by atoms with Crippen LogP contribution in [-0.4, -0.2) is 22.3 Å². The van der Waals surface area contributed by atoms with Crippen molar-refractivity contribution in [1.29, 1.82) is 0 Å². The summed E-state index contributed by atoms with van der Waals surface area (Å²) in [7, 11) is 0. The SMILES string of the molecule is Cc1ccc(/C=N\NC(=O)c2cc(-c3cccs3)[nH]n2)cc1. The molecule has 5 nitrogen and oxygen atoms in total. The van der Waals surface area contributed by atoms with Gasteiger partial charge in [0.05, 0.1) is 16.8 Å². The molecule has 3 aromatic rings. The molecule has 3 rings (SSSR count). The molecule has 0 bridgehead atoms. The monoisotopic (exact) mass is 310 g/mol. The molecule has 2 heterocycles. The maximum absolute atomic E-state index is 12.0. The van der Waals surface area contributed by atoms with Gasteiger partial charge in [0.15, 0.2) is 5.69 Å². The van der Waals surface area contributed by atoms with Gasteiger partial charge in [-0.05, 0) is 30.0 Å². The van der Waals surface area contributed by atoms with Crippen LogP contribution in [0, 0.1) is 6.92 Å². The number of benzene rings is 1. The molecule has 2 N–H and O–H groups in total. The quantitative estimate of drug-likeness (QED) is 0.574. The zero-order valence-corrected chi connectivity index (χ0v) is 12.7. The Morgan fingerprint density at radius 3 is 2.86 bits per heavy atom. The van der Waals surface area contributed by atoms with E-state index in [1.165, 1.54) is 5.56 Å². The second kappa shape index (κ2) is 6.36. The number of carbonyl (C=O) groups is 1. The van der Waals surface area contributed by atoms with E-state index in [2.05, 4.69) is 20.7 Å². The molecule has 0 radical (unpaired) electrons. The van der Waals surface area contributed by atoms with Crippen molar-refractivity contribution in [3.05, 3.63) is 64.7 Å². The van der Waals surface area contributed by atoms with Gasteiger partial charge in [-0.3, -0.25) is 9.89 Å². The van der Waals surface area contributed by atoms with E-state index in [1.54, 1.807) is 23.6 Å². The van der Waals surface area contributed by atoms with Crippen molar-refractivity contribution >= 4 is 23.5 Å². The van der Waals surface area contributed by atoms with Gasteiger partial charge in [-0.25, -0.2) is 5.43 Å². The van der Waals surface area contributed by atoms with Crippen molar-refractivity contribution in [2.24, 2.45) is 5.10 Å². The number of nitrogens with zero attached hydrogens (tertiary/aromatic N) is 2. The molecule has 0 spiro atoms. The van der Waals surface area contributed by atoms with Gasteiger partial charge < -0.3 is 0 Å². The van der Waals surface area contributed by atoms with Gasteiger partial charge in [0, 0.05) is 0 Å². The Kier molecular flexibility index (Phi) is 4.11. The number of hydrazone groups is 1. The van der Waals surface area contributed by atoms with Crippen LogP contribution in [0.5, 0.6) is 0 Å². The largest absolute Gasteiger partial charge is 0.291 e. The van der Waals surface area contributed by atoms with Crippen LogP contribution in [-0.2, 0) is 0 Å². The number of aromatic amines is 1. The number of hydrogen-bond acceptors (Lipinski definition) is 4. The lowest BCUT2D eigenvalue weighted by Crippen LogP contribution is -2.17. The first-order chi connectivity index (χ1) is 10.7. The average molecular weight is 310 g/mol. The summed E-state index contributed by atoms with van der Waals surface area (Å²) in [5.41, 5.74) is 5.71. The second-order valence-electron chi connectivity index (χ2n) is 4.75. The van der Waals surface area contributed by atoms with Gasteiger partial charge in [-0.1, -0.05) is 35.9 Å². The number of thiophene rings is 1. The molecule has 0 saturated heterocycles. The van der Waals surface area contributed by atoms with Crippen molar-refractivity contribution in [2.75, 3.05) is 0 Å². The number of rotatable bonds is 4. The number of H-pyrrole nitrogens is 1. The fraction of sp³-hybridized carbons (Fsp3) is 0.0625. The van der Waals surface area contributed by atoms with Crippen LogP contribution in [0.1, 0.15) is 21.6 Å². The lowest BCUT2D eigenvalue weighted by molar-refractivity contribution is 0.0950. The van der Waals surface area contributed by atoms with Gasteiger partial charge in [0.25, 0.3) is 5.91 Å². The fourth-order valence-electron chi connectivity index (χ4n) is 1.87. The first kappa shape index (κ1) is 14.2. The van der Waals surface area contributed by atoms with Crippen LogP contribution >= 0.6 is 11.3 Å². The van der Waals surface area contributed by atoms with E-state index in [0.29, 0.717) is 5.69 Å². The van der Waals surface area contributed by atoms with Gasteiger partial charge in [0.1, 0.15) is 0 Å². The fourth-order valence-corrected chi connectivity index (χ4v) is 2.56. The van der Waals surface area contributed by atoms with E-state index >= 15 is 0 Å². The highest BCUT2D eigenvalue weighted by Crippen LogP contribution is 2.22. The first-order valence-corrected chi connectivity index (χ1v) is 7.60. The molecule has 0 saturated carbocycles. The average Bonchev–Trinajstić information content (AvgIpc) is 3.20. The normalized spacial score (nSPS) is 11.0. The number of aryl methyl sites for hydroxylation is 1. The summed E-state index contributed by atoms with van der Waals surface area (Å²) in [5, 5.41) is 12.8. The smallest absolute Gasteiger partial charge is 0.276 e. The summed E-state index contributed by atoms with van der Waals surface area (Å²) in [6, 6.07) is 13.5. The summed E-state index contributed by atoms with van der Waals surface area (Å²) < 4.78 is 0. The van der Waals surface area contributed by atoms with E-state index in [1.807, 2.05) is 48.7 Å². The van der Waals surface area contributed by atoms with Gasteiger partial charge in [-0.2, -0.15) is 10.2 Å². The van der Waals surface area contributed by atoms with Crippen molar-refractivity contribution < 1.29 is 4.79 Å². The lowest BCUT2D eigenvalue weighted by Gasteiger charge is -1.96. The zero-order chi connectivity index (χ0) is 15.4. The van der Waals surface area contributed by atoms with Crippen LogP contribution in [0.25, 0.3) is 10.6 Å². The Hall–Kier alpha value is -2.73. The van der Waals surface area contributed by atoms with Crippen LogP contribution in [0.15, 0.2) is 52.9 Å². The highest BCUT2D eigenvalue weighted by atomic mass is 32.1. The second-order valence-corrected chi connectivity index (χ2v) is 5.70. The minimum atomic E-state index is -0.345. The molecule has 1 amide bonds. The van der Waals surface area contributed by atoms with E-state index in [4.69, 9.17) is 0 Å². The third-order valence-corrected chi connectivity index (χ3v) is 3.96. The maximum atomic E-state index is 12.0. The lowest BCUT2D eigenvalue weighted by atomic mass is 10.2. The third kappa shape index (κ3) is 3.29. The van der Waals surface area contributed by atoms with E-state index in [-0.39, 0.29) is 5.91 Å². The van der Waals surface area contributed by atoms with Gasteiger partial charge >= 0.3 is 0 Å². The van der Waals surface area contributed by atoms with Crippen LogP contribution in [0.3, 0.4) is 0 Å². The van der Waals surface area contributed by atoms with E-state index in [0.717, 1.165) is 16.1 Å². The Balaban J connectivity index is 1.63. The van der Waals surface area contributed by atoms with Crippen molar-refractivity contribution in [1.82, 2.24) is 15.6 Å². The molecule has 0 aliphatic carbocycles. The molecular formula is C16H14N4OS. The van der Waals surface area contributed by atoms with E-state index in [9.17, 15) is 4.79 Å². The third-order valence-electron chi connectivity index (χ3n) is 3.05. The van der Waals surface area contributed by atoms with E-state index < -0.39 is 0 Å². The standard InChI is InChI=1S/C16H14N4OS/c1-11-4-6-12(7-5-11)10-17-20-16(21)14-9-13(18-19-14)15-3-2-8-22-15/h2-10H,1H3,(H,18,19)(H,20,21)/b17-10-. The number of hydrogen-bond donors (Lipinski definition) is 2. The molecule has 0 unspecified atom stereocenters. The summed E-state index contributed by atoms with van der Waals surface area (Å²) in [6.07, 6.45) is 1.60. The van der Waals surface area contributed by atoms with Crippen LogP contribution in [0.4, 0.5) is 0 Å². The summed E-state index contributed by atoms with van der Waals surface area (Å²) in [4.78, 5) is 13.0. The highest BCUT2D eigenvalue weighted by molar-refractivity contribution is 7.13. The molecule has 110 valence electrons. The number of aromatic nitrogens is 2. The minimum absolute atomic E-state index is 0.310. The summed E-state index contributed by atoms with van der Waals surface area (Å²) in [6.45, 7) is 2.02. The zero-order valence-electron chi connectivity index (χ0n) is 11.9. The Morgan fingerprint density at radius 1 is 1.32 bits per heavy atom. The predicted molar refractivity (Wildman–Crippen MR) is 88.1 cm³/mol.